The van der Waals surface area contributed by atoms with E-state index in [1.54, 1.807) is 24.4 Å². The average Bonchev–Trinajstić information content (AvgIpc) is 2.81. The van der Waals surface area contributed by atoms with Crippen molar-refractivity contribution in [3.8, 4) is 11.3 Å². The number of aromatic nitrogens is 2. The Labute approximate surface area is 116 Å². The molecular weight excluding hydrogens is 310 g/mol. The smallest absolute Gasteiger partial charge is 0.278 e. The van der Waals surface area contributed by atoms with Gasteiger partial charge in [-0.25, -0.2) is 4.98 Å². The second-order valence-electron chi connectivity index (χ2n) is 4.01. The van der Waals surface area contributed by atoms with Crippen LogP contribution >= 0.6 is 15.9 Å². The molecule has 5 nitrogen and oxygen atoms in total. The van der Waals surface area contributed by atoms with Crippen molar-refractivity contribution >= 4 is 27.3 Å². The van der Waals surface area contributed by atoms with Crippen molar-refractivity contribution in [1.82, 2.24) is 9.38 Å². The number of benzene rings is 1. The minimum Gasteiger partial charge on any atom is -0.306 e. The molecule has 0 aliphatic rings. The van der Waals surface area contributed by atoms with E-state index in [0.29, 0.717) is 11.3 Å². The van der Waals surface area contributed by atoms with Crippen LogP contribution in [-0.2, 0) is 0 Å². The number of imidazole rings is 1. The predicted octanol–water partition coefficient (Wildman–Crippen LogP) is 3.67. The highest BCUT2D eigenvalue weighted by atomic mass is 79.9. The molecule has 0 bridgehead atoms. The van der Waals surface area contributed by atoms with Gasteiger partial charge in [0.1, 0.15) is 5.65 Å². The summed E-state index contributed by atoms with van der Waals surface area (Å²) in [6, 6.07) is 10.3. The molecule has 0 fully saturated rings. The molecule has 0 saturated carbocycles. The van der Waals surface area contributed by atoms with Gasteiger partial charge >= 0.3 is 0 Å². The number of fused-ring (bicyclic) bond motifs is 1. The summed E-state index contributed by atoms with van der Waals surface area (Å²) >= 11 is 3.37. The van der Waals surface area contributed by atoms with E-state index in [1.807, 2.05) is 22.7 Å². The minimum atomic E-state index is -0.394. The molecule has 2 aromatic heterocycles. The Morgan fingerprint density at radius 2 is 2.05 bits per heavy atom. The van der Waals surface area contributed by atoms with Crippen LogP contribution in [0.15, 0.2) is 53.3 Å². The van der Waals surface area contributed by atoms with Crippen molar-refractivity contribution in [1.29, 1.82) is 0 Å². The van der Waals surface area contributed by atoms with E-state index in [4.69, 9.17) is 0 Å². The molecule has 0 atom stereocenters. The number of nitro groups is 1. The second-order valence-corrected chi connectivity index (χ2v) is 4.93. The number of nitro benzene ring substituents is 1. The van der Waals surface area contributed by atoms with Crippen LogP contribution in [0.1, 0.15) is 0 Å². The van der Waals surface area contributed by atoms with Gasteiger partial charge in [0.15, 0.2) is 0 Å². The van der Waals surface area contributed by atoms with E-state index in [1.165, 1.54) is 6.07 Å². The fraction of sp³-hybridized carbons (Fsp3) is 0. The lowest BCUT2D eigenvalue weighted by molar-refractivity contribution is -0.384. The lowest BCUT2D eigenvalue weighted by Crippen LogP contribution is -1.91. The lowest BCUT2D eigenvalue weighted by atomic mass is 10.1. The monoisotopic (exact) mass is 317 g/mol. The van der Waals surface area contributed by atoms with Crippen LogP contribution in [0, 0.1) is 10.1 Å². The highest BCUT2D eigenvalue weighted by Gasteiger charge is 2.16. The third kappa shape index (κ3) is 2.10. The zero-order valence-corrected chi connectivity index (χ0v) is 11.2. The van der Waals surface area contributed by atoms with E-state index in [0.717, 1.165) is 10.1 Å². The maximum atomic E-state index is 11.0. The Kier molecular flexibility index (Phi) is 2.79. The molecule has 0 aliphatic carbocycles. The minimum absolute atomic E-state index is 0.0602. The van der Waals surface area contributed by atoms with Gasteiger partial charge in [0.05, 0.1) is 16.2 Å². The molecule has 0 N–H and O–H groups in total. The number of pyridine rings is 1. The third-order valence-electron chi connectivity index (χ3n) is 2.80. The van der Waals surface area contributed by atoms with E-state index >= 15 is 0 Å². The summed E-state index contributed by atoms with van der Waals surface area (Å²) in [4.78, 5) is 15.0. The van der Waals surface area contributed by atoms with E-state index in [2.05, 4.69) is 20.9 Å². The van der Waals surface area contributed by atoms with Gasteiger partial charge in [0.2, 0.25) is 0 Å². The Hall–Kier alpha value is -2.21. The normalized spacial score (nSPS) is 10.8. The van der Waals surface area contributed by atoms with Crippen LogP contribution in [0.2, 0.25) is 0 Å². The van der Waals surface area contributed by atoms with Gasteiger partial charge in [-0.15, -0.1) is 0 Å². The molecule has 0 aliphatic heterocycles. The number of rotatable bonds is 2. The van der Waals surface area contributed by atoms with Crippen LogP contribution < -0.4 is 0 Å². The number of hydrogen-bond donors (Lipinski definition) is 0. The second kappa shape index (κ2) is 4.47. The summed E-state index contributed by atoms with van der Waals surface area (Å²) in [7, 11) is 0. The van der Waals surface area contributed by atoms with Crippen molar-refractivity contribution in [3.05, 3.63) is 63.4 Å². The molecule has 94 valence electrons. The molecule has 0 spiro atoms. The number of nitrogens with zero attached hydrogens (tertiary/aromatic N) is 3. The van der Waals surface area contributed by atoms with Crippen molar-refractivity contribution in [3.63, 3.8) is 0 Å². The average molecular weight is 318 g/mol. The molecule has 1 aromatic carbocycles. The number of para-hydroxylation sites is 1. The van der Waals surface area contributed by atoms with Crippen LogP contribution in [0.25, 0.3) is 16.9 Å². The van der Waals surface area contributed by atoms with Gasteiger partial charge in [-0.3, -0.25) is 10.1 Å². The zero-order chi connectivity index (χ0) is 13.4. The van der Waals surface area contributed by atoms with E-state index in [-0.39, 0.29) is 5.69 Å². The molecular formula is C13H8BrN3O2. The Balaban J connectivity index is 2.22. The first-order valence-electron chi connectivity index (χ1n) is 5.53. The first-order chi connectivity index (χ1) is 9.15. The van der Waals surface area contributed by atoms with Crippen molar-refractivity contribution in [2.75, 3.05) is 0 Å². The van der Waals surface area contributed by atoms with Gasteiger partial charge in [0, 0.05) is 22.9 Å². The van der Waals surface area contributed by atoms with Gasteiger partial charge in [-0.2, -0.15) is 0 Å². The predicted molar refractivity (Wildman–Crippen MR) is 75.0 cm³/mol. The Morgan fingerprint density at radius 3 is 2.84 bits per heavy atom. The summed E-state index contributed by atoms with van der Waals surface area (Å²) in [5.41, 5.74) is 1.91. The van der Waals surface area contributed by atoms with Crippen LogP contribution in [0.3, 0.4) is 0 Å². The Bertz CT molecular complexity index is 782. The number of hydrogen-bond acceptors (Lipinski definition) is 3. The number of halogens is 1. The van der Waals surface area contributed by atoms with E-state index in [9.17, 15) is 10.1 Å². The molecule has 6 heteroatoms. The summed E-state index contributed by atoms with van der Waals surface area (Å²) in [6.45, 7) is 0. The van der Waals surface area contributed by atoms with Gasteiger partial charge < -0.3 is 4.40 Å². The molecule has 0 unspecified atom stereocenters. The quantitative estimate of drug-likeness (QED) is 0.535. The van der Waals surface area contributed by atoms with Crippen molar-refractivity contribution in [2.24, 2.45) is 0 Å². The molecule has 2 heterocycles. The molecule has 19 heavy (non-hydrogen) atoms. The molecule has 0 radical (unpaired) electrons. The van der Waals surface area contributed by atoms with Crippen LogP contribution in [0.4, 0.5) is 5.69 Å². The fourth-order valence-electron chi connectivity index (χ4n) is 1.94. The lowest BCUT2D eigenvalue weighted by Gasteiger charge is -1.97. The van der Waals surface area contributed by atoms with E-state index < -0.39 is 4.92 Å². The fourth-order valence-corrected chi connectivity index (χ4v) is 2.26. The maximum absolute atomic E-state index is 11.0. The maximum Gasteiger partial charge on any atom is 0.278 e. The zero-order valence-electron chi connectivity index (χ0n) is 9.65. The first kappa shape index (κ1) is 11.9. The first-order valence-corrected chi connectivity index (χ1v) is 6.32. The molecule has 0 saturated heterocycles. The molecule has 3 aromatic rings. The highest BCUT2D eigenvalue weighted by molar-refractivity contribution is 9.10. The summed E-state index contributed by atoms with van der Waals surface area (Å²) in [5.74, 6) is 0. The highest BCUT2D eigenvalue weighted by Crippen LogP contribution is 2.29. The standard InChI is InChI=1S/C13H8BrN3O2/c14-9-5-6-16-8-11(15-13(16)7-9)10-3-1-2-4-12(10)17(18)19/h1-8H. The SMILES string of the molecule is O=[N+]([O-])c1ccccc1-c1cn2ccc(Br)cc2n1. The largest absolute Gasteiger partial charge is 0.306 e. The van der Waals surface area contributed by atoms with Crippen LogP contribution in [0.5, 0.6) is 0 Å². The topological polar surface area (TPSA) is 60.4 Å². The van der Waals surface area contributed by atoms with Crippen LogP contribution in [-0.4, -0.2) is 14.3 Å². The summed E-state index contributed by atoms with van der Waals surface area (Å²) in [6.07, 6.45) is 3.63. The summed E-state index contributed by atoms with van der Waals surface area (Å²) in [5, 5.41) is 11.0. The molecule has 0 amide bonds. The van der Waals surface area contributed by atoms with Crippen molar-refractivity contribution < 1.29 is 4.92 Å². The van der Waals surface area contributed by atoms with Gasteiger partial charge in [-0.1, -0.05) is 28.1 Å². The summed E-state index contributed by atoms with van der Waals surface area (Å²) < 4.78 is 2.75. The van der Waals surface area contributed by atoms with Gasteiger partial charge in [-0.05, 0) is 18.2 Å². The third-order valence-corrected chi connectivity index (χ3v) is 3.29. The van der Waals surface area contributed by atoms with Crippen molar-refractivity contribution in [2.45, 2.75) is 0 Å². The molecule has 3 rings (SSSR count). The van der Waals surface area contributed by atoms with Gasteiger partial charge in [0.25, 0.3) is 5.69 Å². The Morgan fingerprint density at radius 1 is 1.26 bits per heavy atom.